The first-order valence-electron chi connectivity index (χ1n) is 10.7. The highest BCUT2D eigenvalue weighted by atomic mass is 35.5. The number of benzene rings is 2. The van der Waals surface area contributed by atoms with Gasteiger partial charge in [-0.2, -0.15) is 5.10 Å². The molecule has 2 aliphatic rings. The van der Waals surface area contributed by atoms with Crippen molar-refractivity contribution in [3.05, 3.63) is 82.0 Å². The number of carbonyl (C=O) groups excluding carboxylic acids is 1. The van der Waals surface area contributed by atoms with Gasteiger partial charge in [0.15, 0.2) is 0 Å². The first-order chi connectivity index (χ1) is 15.5. The third kappa shape index (κ3) is 3.09. The summed E-state index contributed by atoms with van der Waals surface area (Å²) in [7, 11) is 1.85. The van der Waals surface area contributed by atoms with Gasteiger partial charge in [0.25, 0.3) is 5.91 Å². The van der Waals surface area contributed by atoms with Gasteiger partial charge in [0, 0.05) is 36.9 Å². The van der Waals surface area contributed by atoms with E-state index in [1.165, 1.54) is 0 Å². The Bertz CT molecular complexity index is 1410. The topological polar surface area (TPSA) is 51.0 Å². The highest BCUT2D eigenvalue weighted by molar-refractivity contribution is 6.35. The molecule has 1 amide bonds. The summed E-state index contributed by atoms with van der Waals surface area (Å²) < 4.78 is 17.3. The van der Waals surface area contributed by atoms with Crippen LogP contribution in [-0.4, -0.2) is 25.6 Å². The second-order valence-electron chi connectivity index (χ2n) is 8.62. The summed E-state index contributed by atoms with van der Waals surface area (Å²) in [4.78, 5) is 18.8. The molecule has 4 aromatic rings. The van der Waals surface area contributed by atoms with Crippen LogP contribution >= 0.6 is 11.6 Å². The van der Waals surface area contributed by atoms with E-state index in [9.17, 15) is 4.79 Å². The van der Waals surface area contributed by atoms with Crippen molar-refractivity contribution in [3.63, 3.8) is 0 Å². The highest BCUT2D eigenvalue weighted by Crippen LogP contribution is 2.45. The molecule has 0 saturated heterocycles. The summed E-state index contributed by atoms with van der Waals surface area (Å²) in [5, 5.41) is 5.91. The van der Waals surface area contributed by atoms with E-state index in [-0.39, 0.29) is 18.3 Å². The SMILES string of the molecule is Cn1cc2c(-c3cc(F)c(CN4Cc5ncccc5C4=O)c(C4CC4)c3)ccc(Cl)c2n1. The Morgan fingerprint density at radius 1 is 1.19 bits per heavy atom. The van der Waals surface area contributed by atoms with Gasteiger partial charge >= 0.3 is 0 Å². The maximum absolute atomic E-state index is 15.6. The predicted octanol–water partition coefficient (Wildman–Crippen LogP) is 5.46. The number of hydrogen-bond donors (Lipinski definition) is 0. The molecule has 0 bridgehead atoms. The third-order valence-electron chi connectivity index (χ3n) is 6.40. The quantitative estimate of drug-likeness (QED) is 0.418. The Labute approximate surface area is 189 Å². The zero-order valence-electron chi connectivity index (χ0n) is 17.5. The molecular formula is C25H20ClFN4O. The molecule has 0 spiro atoms. The summed E-state index contributed by atoms with van der Waals surface area (Å²) >= 11 is 6.33. The van der Waals surface area contributed by atoms with Crippen molar-refractivity contribution in [1.82, 2.24) is 19.7 Å². The van der Waals surface area contributed by atoms with Gasteiger partial charge in [0.1, 0.15) is 11.3 Å². The number of pyridine rings is 1. The van der Waals surface area contributed by atoms with Crippen molar-refractivity contribution < 1.29 is 9.18 Å². The number of rotatable bonds is 4. The fraction of sp³-hybridized carbons (Fsp3) is 0.240. The van der Waals surface area contributed by atoms with Crippen LogP contribution in [0.25, 0.3) is 22.0 Å². The summed E-state index contributed by atoms with van der Waals surface area (Å²) in [6.07, 6.45) is 5.67. The van der Waals surface area contributed by atoms with Gasteiger partial charge in [-0.15, -0.1) is 0 Å². The van der Waals surface area contributed by atoms with E-state index in [1.807, 2.05) is 25.4 Å². The molecule has 32 heavy (non-hydrogen) atoms. The van der Waals surface area contributed by atoms with Crippen LogP contribution in [0.15, 0.2) is 48.8 Å². The molecule has 1 aliphatic heterocycles. The first-order valence-corrected chi connectivity index (χ1v) is 11.0. The molecule has 0 unspecified atom stereocenters. The molecule has 5 nitrogen and oxygen atoms in total. The van der Waals surface area contributed by atoms with E-state index in [0.29, 0.717) is 34.1 Å². The molecule has 0 radical (unpaired) electrons. The van der Waals surface area contributed by atoms with E-state index in [0.717, 1.165) is 40.6 Å². The maximum Gasteiger partial charge on any atom is 0.256 e. The Morgan fingerprint density at radius 2 is 2.03 bits per heavy atom. The lowest BCUT2D eigenvalue weighted by atomic mass is 9.94. The smallest absolute Gasteiger partial charge is 0.256 e. The van der Waals surface area contributed by atoms with E-state index in [4.69, 9.17) is 11.6 Å². The van der Waals surface area contributed by atoms with E-state index < -0.39 is 0 Å². The molecule has 7 heteroatoms. The molecule has 2 aromatic carbocycles. The van der Waals surface area contributed by atoms with Gasteiger partial charge in [0.05, 0.1) is 22.8 Å². The standard InChI is InChI=1S/C25H20ClFN4O/c1-30-11-20-16(6-7-21(26)24(20)29-30)15-9-18(14-4-5-14)19(22(27)10-15)12-31-13-23-17(25(31)32)3-2-8-28-23/h2-3,6-11,14H,4-5,12-13H2,1H3. The van der Waals surface area contributed by atoms with Crippen molar-refractivity contribution in [2.75, 3.05) is 0 Å². The van der Waals surface area contributed by atoms with E-state index in [2.05, 4.69) is 16.1 Å². The second-order valence-corrected chi connectivity index (χ2v) is 9.03. The van der Waals surface area contributed by atoms with Crippen LogP contribution in [0.4, 0.5) is 4.39 Å². The lowest BCUT2D eigenvalue weighted by molar-refractivity contribution is 0.0764. The molecule has 0 N–H and O–H groups in total. The van der Waals surface area contributed by atoms with Crippen LogP contribution in [-0.2, 0) is 20.1 Å². The van der Waals surface area contributed by atoms with Crippen LogP contribution in [0.1, 0.15) is 45.9 Å². The fourth-order valence-corrected chi connectivity index (χ4v) is 4.88. The molecule has 6 rings (SSSR count). The van der Waals surface area contributed by atoms with Gasteiger partial charge in [-0.05, 0) is 59.7 Å². The minimum absolute atomic E-state index is 0.0897. The van der Waals surface area contributed by atoms with Crippen molar-refractivity contribution in [2.45, 2.75) is 31.8 Å². The zero-order valence-corrected chi connectivity index (χ0v) is 18.2. The summed E-state index contributed by atoms with van der Waals surface area (Å²) in [6.45, 7) is 0.657. The molecule has 3 heterocycles. The first kappa shape index (κ1) is 19.4. The van der Waals surface area contributed by atoms with Gasteiger partial charge < -0.3 is 4.90 Å². The Balaban J connectivity index is 1.42. The normalized spacial score (nSPS) is 15.6. The fourth-order valence-electron chi connectivity index (χ4n) is 4.68. The number of carbonyl (C=O) groups is 1. The second kappa shape index (κ2) is 7.14. The number of fused-ring (bicyclic) bond motifs is 2. The zero-order chi connectivity index (χ0) is 22.0. The van der Waals surface area contributed by atoms with Crippen LogP contribution in [0.2, 0.25) is 5.02 Å². The Hall–Kier alpha value is -3.25. The lowest BCUT2D eigenvalue weighted by Crippen LogP contribution is -2.24. The molecule has 1 saturated carbocycles. The number of hydrogen-bond acceptors (Lipinski definition) is 3. The monoisotopic (exact) mass is 446 g/mol. The molecule has 0 atom stereocenters. The molecule has 1 aliphatic carbocycles. The predicted molar refractivity (Wildman–Crippen MR) is 121 cm³/mol. The van der Waals surface area contributed by atoms with Crippen LogP contribution in [0.3, 0.4) is 0 Å². The number of aromatic nitrogens is 3. The molecule has 160 valence electrons. The van der Waals surface area contributed by atoms with Crippen LogP contribution in [0, 0.1) is 5.82 Å². The number of nitrogens with zero attached hydrogens (tertiary/aromatic N) is 4. The van der Waals surface area contributed by atoms with Gasteiger partial charge in [-0.3, -0.25) is 14.5 Å². The lowest BCUT2D eigenvalue weighted by Gasteiger charge is -2.20. The Morgan fingerprint density at radius 3 is 2.81 bits per heavy atom. The van der Waals surface area contributed by atoms with Crippen LogP contribution < -0.4 is 0 Å². The minimum atomic E-state index is -0.284. The highest BCUT2D eigenvalue weighted by Gasteiger charge is 2.33. The minimum Gasteiger partial charge on any atom is -0.328 e. The van der Waals surface area contributed by atoms with Gasteiger partial charge in [-0.25, -0.2) is 4.39 Å². The van der Waals surface area contributed by atoms with Crippen molar-refractivity contribution in [1.29, 1.82) is 0 Å². The van der Waals surface area contributed by atoms with Gasteiger partial charge in [0.2, 0.25) is 0 Å². The van der Waals surface area contributed by atoms with Crippen molar-refractivity contribution >= 4 is 28.4 Å². The van der Waals surface area contributed by atoms with Crippen molar-refractivity contribution in [2.24, 2.45) is 7.05 Å². The van der Waals surface area contributed by atoms with E-state index >= 15 is 4.39 Å². The Kier molecular flexibility index (Phi) is 4.33. The molecular weight excluding hydrogens is 427 g/mol. The van der Waals surface area contributed by atoms with E-state index in [1.54, 1.807) is 34.0 Å². The number of amides is 1. The van der Waals surface area contributed by atoms with Crippen LogP contribution in [0.5, 0.6) is 0 Å². The average molecular weight is 447 g/mol. The average Bonchev–Trinajstić information content (AvgIpc) is 3.47. The maximum atomic E-state index is 15.6. The van der Waals surface area contributed by atoms with Gasteiger partial charge in [-0.1, -0.05) is 23.7 Å². The number of halogens is 2. The summed E-state index contributed by atoms with van der Waals surface area (Å²) in [5.41, 5.74) is 5.37. The van der Waals surface area contributed by atoms with Crippen molar-refractivity contribution in [3.8, 4) is 11.1 Å². The summed E-state index contributed by atoms with van der Waals surface area (Å²) in [5.74, 6) is -0.0458. The summed E-state index contributed by atoms with van der Waals surface area (Å²) in [6, 6.07) is 10.9. The number of aryl methyl sites for hydroxylation is 1. The third-order valence-corrected chi connectivity index (χ3v) is 6.70. The molecule has 1 fully saturated rings. The largest absolute Gasteiger partial charge is 0.328 e. The molecule has 2 aromatic heterocycles.